The second-order valence-electron chi connectivity index (χ2n) is 6.28. The number of amides is 1. The molecule has 0 saturated carbocycles. The third-order valence-corrected chi connectivity index (χ3v) is 5.11. The van der Waals surface area contributed by atoms with Crippen LogP contribution in [0.3, 0.4) is 0 Å². The highest BCUT2D eigenvalue weighted by Gasteiger charge is 2.31. The van der Waals surface area contributed by atoms with Crippen LogP contribution in [0.15, 0.2) is 46.3 Å². The summed E-state index contributed by atoms with van der Waals surface area (Å²) in [7, 11) is 1.50. The van der Waals surface area contributed by atoms with Crippen LogP contribution in [0.5, 0.6) is 17.2 Å². The molecule has 0 spiro atoms. The molecular weight excluding hydrogens is 421 g/mol. The van der Waals surface area contributed by atoms with Gasteiger partial charge in [0.2, 0.25) is 5.75 Å². The molecule has 0 bridgehead atoms. The van der Waals surface area contributed by atoms with Crippen LogP contribution in [-0.2, 0) is 11.0 Å². The van der Waals surface area contributed by atoms with Crippen molar-refractivity contribution < 1.29 is 32.2 Å². The van der Waals surface area contributed by atoms with Crippen LogP contribution in [0, 0.1) is 0 Å². The van der Waals surface area contributed by atoms with E-state index in [1.165, 1.54) is 19.2 Å². The molecule has 156 valence electrons. The SMILES string of the molecule is COc1cc(/C=C2\SC(=Nc3cccc(C(F)(F)F)c3)NC2=O)cc2c1OCCO2. The molecule has 10 heteroatoms. The van der Waals surface area contributed by atoms with Gasteiger partial charge in [-0.25, -0.2) is 4.99 Å². The molecule has 0 aromatic heterocycles. The van der Waals surface area contributed by atoms with Crippen LogP contribution < -0.4 is 19.5 Å². The van der Waals surface area contributed by atoms with Crippen molar-refractivity contribution in [3.05, 3.63) is 52.4 Å². The number of carbonyl (C=O) groups excluding carboxylic acids is 1. The fourth-order valence-electron chi connectivity index (χ4n) is 2.88. The Kier molecular flexibility index (Phi) is 5.33. The predicted octanol–water partition coefficient (Wildman–Crippen LogP) is 4.38. The van der Waals surface area contributed by atoms with Crippen molar-refractivity contribution in [2.75, 3.05) is 20.3 Å². The molecule has 1 fully saturated rings. The normalized spacial score (nSPS) is 18.6. The number of aliphatic imine (C=N–C) groups is 1. The third kappa shape index (κ3) is 4.23. The molecule has 2 aromatic carbocycles. The number of ether oxygens (including phenoxy) is 3. The van der Waals surface area contributed by atoms with Crippen LogP contribution >= 0.6 is 11.8 Å². The average molecular weight is 436 g/mol. The van der Waals surface area contributed by atoms with E-state index in [4.69, 9.17) is 14.2 Å². The summed E-state index contributed by atoms with van der Waals surface area (Å²) >= 11 is 1.03. The summed E-state index contributed by atoms with van der Waals surface area (Å²) in [5, 5.41) is 2.75. The lowest BCUT2D eigenvalue weighted by molar-refractivity contribution is -0.137. The molecule has 0 unspecified atom stereocenters. The number of nitrogens with zero attached hydrogens (tertiary/aromatic N) is 1. The maximum Gasteiger partial charge on any atom is 0.416 e. The van der Waals surface area contributed by atoms with E-state index in [2.05, 4.69) is 10.3 Å². The minimum absolute atomic E-state index is 0.0925. The second kappa shape index (κ2) is 7.94. The summed E-state index contributed by atoms with van der Waals surface area (Å²) in [6.07, 6.45) is -2.85. The molecule has 0 atom stereocenters. The fourth-order valence-corrected chi connectivity index (χ4v) is 3.72. The number of halogens is 3. The van der Waals surface area contributed by atoms with Gasteiger partial charge in [-0.05, 0) is 53.7 Å². The van der Waals surface area contributed by atoms with Crippen molar-refractivity contribution in [2.45, 2.75) is 6.18 Å². The Balaban J connectivity index is 1.60. The van der Waals surface area contributed by atoms with Crippen LogP contribution in [0.2, 0.25) is 0 Å². The van der Waals surface area contributed by atoms with E-state index in [1.807, 2.05) is 0 Å². The number of amidine groups is 1. The van der Waals surface area contributed by atoms with Crippen molar-refractivity contribution in [3.8, 4) is 17.2 Å². The minimum Gasteiger partial charge on any atom is -0.493 e. The number of hydrogen-bond donors (Lipinski definition) is 1. The minimum atomic E-state index is -4.47. The summed E-state index contributed by atoms with van der Waals surface area (Å²) in [6.45, 7) is 0.816. The molecule has 0 aliphatic carbocycles. The zero-order valence-corrected chi connectivity index (χ0v) is 16.4. The molecule has 1 saturated heterocycles. The second-order valence-corrected chi connectivity index (χ2v) is 7.31. The van der Waals surface area contributed by atoms with Crippen molar-refractivity contribution in [1.82, 2.24) is 5.32 Å². The smallest absolute Gasteiger partial charge is 0.416 e. The van der Waals surface area contributed by atoms with Crippen LogP contribution in [0.1, 0.15) is 11.1 Å². The quantitative estimate of drug-likeness (QED) is 0.724. The number of carbonyl (C=O) groups is 1. The Morgan fingerprint density at radius 3 is 2.77 bits per heavy atom. The highest BCUT2D eigenvalue weighted by atomic mass is 32.2. The van der Waals surface area contributed by atoms with Crippen molar-refractivity contribution in [3.63, 3.8) is 0 Å². The first-order chi connectivity index (χ1) is 14.3. The van der Waals surface area contributed by atoms with E-state index in [1.54, 1.807) is 18.2 Å². The fraction of sp³-hybridized carbons (Fsp3) is 0.200. The number of fused-ring (bicyclic) bond motifs is 1. The molecule has 1 N–H and O–H groups in total. The van der Waals surface area contributed by atoms with Gasteiger partial charge in [0.15, 0.2) is 16.7 Å². The molecule has 2 aliphatic heterocycles. The van der Waals surface area contributed by atoms with Gasteiger partial charge in [-0.3, -0.25) is 4.79 Å². The van der Waals surface area contributed by atoms with Crippen molar-refractivity contribution in [1.29, 1.82) is 0 Å². The maximum absolute atomic E-state index is 12.9. The Bertz CT molecular complexity index is 1050. The monoisotopic (exact) mass is 436 g/mol. The Morgan fingerprint density at radius 2 is 2.00 bits per heavy atom. The van der Waals surface area contributed by atoms with Crippen molar-refractivity contribution >= 4 is 34.6 Å². The van der Waals surface area contributed by atoms with Gasteiger partial charge in [0.05, 0.1) is 23.3 Å². The van der Waals surface area contributed by atoms with Gasteiger partial charge in [-0.1, -0.05) is 6.07 Å². The average Bonchev–Trinajstić information content (AvgIpc) is 3.05. The first-order valence-electron chi connectivity index (χ1n) is 8.78. The van der Waals surface area contributed by atoms with Crippen LogP contribution in [-0.4, -0.2) is 31.4 Å². The Morgan fingerprint density at radius 1 is 1.20 bits per heavy atom. The zero-order chi connectivity index (χ0) is 21.3. The molecule has 1 amide bonds. The zero-order valence-electron chi connectivity index (χ0n) is 15.6. The number of methoxy groups -OCH3 is 1. The van der Waals surface area contributed by atoms with Gasteiger partial charge >= 0.3 is 6.18 Å². The van der Waals surface area contributed by atoms with Gasteiger partial charge in [-0.2, -0.15) is 13.2 Å². The first-order valence-corrected chi connectivity index (χ1v) is 9.59. The molecule has 30 heavy (non-hydrogen) atoms. The van der Waals surface area contributed by atoms with Gasteiger partial charge < -0.3 is 19.5 Å². The standard InChI is InChI=1S/C20H15F3N2O4S/c1-27-14-7-11(8-15-17(14)29-6-5-28-15)9-16-18(26)25-19(30-16)24-13-4-2-3-12(10-13)20(21,22)23/h2-4,7-10H,5-6H2,1H3,(H,24,25,26)/b16-9-. The summed E-state index contributed by atoms with van der Waals surface area (Å²) in [5.74, 6) is 1.08. The highest BCUT2D eigenvalue weighted by molar-refractivity contribution is 8.18. The van der Waals surface area contributed by atoms with Gasteiger partial charge in [0.1, 0.15) is 13.2 Å². The Hall–Kier alpha value is -3.14. The highest BCUT2D eigenvalue weighted by Crippen LogP contribution is 2.41. The number of benzene rings is 2. The first kappa shape index (κ1) is 20.1. The van der Waals surface area contributed by atoms with Crippen LogP contribution in [0.4, 0.5) is 18.9 Å². The number of hydrogen-bond acceptors (Lipinski definition) is 6. The molecule has 2 aromatic rings. The maximum atomic E-state index is 12.9. The molecule has 0 radical (unpaired) electrons. The predicted molar refractivity (Wildman–Crippen MR) is 106 cm³/mol. The van der Waals surface area contributed by atoms with Gasteiger partial charge in [0, 0.05) is 0 Å². The van der Waals surface area contributed by atoms with Crippen molar-refractivity contribution in [2.24, 2.45) is 4.99 Å². The van der Waals surface area contributed by atoms with E-state index in [-0.39, 0.29) is 10.9 Å². The van der Waals surface area contributed by atoms with E-state index in [0.29, 0.717) is 40.9 Å². The summed E-state index contributed by atoms with van der Waals surface area (Å²) in [5.41, 5.74) is -0.0678. The topological polar surface area (TPSA) is 69.2 Å². The van der Waals surface area contributed by atoms with Crippen LogP contribution in [0.25, 0.3) is 6.08 Å². The molecule has 6 nitrogen and oxygen atoms in total. The summed E-state index contributed by atoms with van der Waals surface area (Å²) < 4.78 is 55.1. The molecule has 2 heterocycles. The van der Waals surface area contributed by atoms with E-state index >= 15 is 0 Å². The summed E-state index contributed by atoms with van der Waals surface area (Å²) in [4.78, 5) is 16.7. The van der Waals surface area contributed by atoms with E-state index in [9.17, 15) is 18.0 Å². The number of nitrogens with one attached hydrogen (secondary N) is 1. The third-order valence-electron chi connectivity index (χ3n) is 4.20. The summed E-state index contributed by atoms with van der Waals surface area (Å²) in [6, 6.07) is 8.01. The molecule has 2 aliphatic rings. The largest absolute Gasteiger partial charge is 0.493 e. The number of rotatable bonds is 3. The molecular formula is C20H15F3N2O4S. The number of alkyl halides is 3. The van der Waals surface area contributed by atoms with E-state index < -0.39 is 17.6 Å². The lowest BCUT2D eigenvalue weighted by Crippen LogP contribution is -2.19. The Labute approximate surface area is 173 Å². The molecule has 4 rings (SSSR count). The van der Waals surface area contributed by atoms with Gasteiger partial charge in [0.25, 0.3) is 5.91 Å². The number of thioether (sulfide) groups is 1. The van der Waals surface area contributed by atoms with Gasteiger partial charge in [-0.15, -0.1) is 0 Å². The lowest BCUT2D eigenvalue weighted by atomic mass is 10.1. The lowest BCUT2D eigenvalue weighted by Gasteiger charge is -2.21. The van der Waals surface area contributed by atoms with E-state index in [0.717, 1.165) is 23.9 Å².